The molecule has 1 amide bonds. The summed E-state index contributed by atoms with van der Waals surface area (Å²) in [5.74, 6) is -0.194. The summed E-state index contributed by atoms with van der Waals surface area (Å²) in [6.07, 6.45) is 0. The van der Waals surface area contributed by atoms with E-state index in [4.69, 9.17) is 0 Å². The van der Waals surface area contributed by atoms with Crippen LogP contribution in [0.5, 0.6) is 0 Å². The molecule has 0 radical (unpaired) electrons. The van der Waals surface area contributed by atoms with Crippen LogP contribution in [0.2, 0.25) is 0 Å². The summed E-state index contributed by atoms with van der Waals surface area (Å²) < 4.78 is 39.4. The molecule has 1 aliphatic heterocycles. The zero-order valence-electron chi connectivity index (χ0n) is 11.6. The van der Waals surface area contributed by atoms with Crippen LogP contribution in [0.15, 0.2) is 24.3 Å². The topological polar surface area (TPSA) is 69.7 Å². The summed E-state index contributed by atoms with van der Waals surface area (Å²) in [7, 11) is -0.797. The molecule has 0 bridgehead atoms. The molecule has 1 saturated heterocycles. The highest BCUT2D eigenvalue weighted by atomic mass is 32.2. The molecule has 21 heavy (non-hydrogen) atoms. The molecular formula is C12H16FN3O3S2. The number of halogens is 1. The number of carbonyl (C=O) groups is 1. The lowest BCUT2D eigenvalue weighted by molar-refractivity contribution is -0.118. The Morgan fingerprint density at radius 1 is 1.38 bits per heavy atom. The van der Waals surface area contributed by atoms with Gasteiger partial charge >= 0.3 is 0 Å². The zero-order valence-corrected chi connectivity index (χ0v) is 13.2. The van der Waals surface area contributed by atoms with Gasteiger partial charge in [-0.15, -0.1) is 11.8 Å². The molecule has 1 aromatic rings. The van der Waals surface area contributed by atoms with Gasteiger partial charge in [-0.3, -0.25) is 4.79 Å². The van der Waals surface area contributed by atoms with Gasteiger partial charge < -0.3 is 5.32 Å². The van der Waals surface area contributed by atoms with Gasteiger partial charge in [-0.2, -0.15) is 17.0 Å². The summed E-state index contributed by atoms with van der Waals surface area (Å²) in [6.45, 7) is 0. The molecule has 1 N–H and O–H groups in total. The van der Waals surface area contributed by atoms with Gasteiger partial charge in [0, 0.05) is 25.5 Å². The standard InChI is InChI=1S/C12H16FN3O3S2/c1-15(2)21(18,19)16-8-20-7-11(16)12(17)14-10-5-3-9(13)4-6-10/h3-6,11H,7-8H2,1-2H3,(H,14,17)/t11-/m1/s1. The van der Waals surface area contributed by atoms with E-state index in [1.54, 1.807) is 0 Å². The molecule has 9 heteroatoms. The molecular weight excluding hydrogens is 317 g/mol. The highest BCUT2D eigenvalue weighted by molar-refractivity contribution is 8.00. The van der Waals surface area contributed by atoms with Gasteiger partial charge in [-0.1, -0.05) is 0 Å². The third-order valence-electron chi connectivity index (χ3n) is 3.01. The predicted octanol–water partition coefficient (Wildman–Crippen LogP) is 0.945. The number of thioether (sulfide) groups is 1. The molecule has 0 saturated carbocycles. The molecule has 1 heterocycles. The van der Waals surface area contributed by atoms with Crippen LogP contribution in [-0.4, -0.2) is 54.7 Å². The number of rotatable bonds is 4. The van der Waals surface area contributed by atoms with Crippen molar-refractivity contribution in [3.8, 4) is 0 Å². The second-order valence-corrected chi connectivity index (χ2v) is 7.78. The minimum Gasteiger partial charge on any atom is -0.325 e. The van der Waals surface area contributed by atoms with Crippen LogP contribution in [0, 0.1) is 5.82 Å². The van der Waals surface area contributed by atoms with E-state index >= 15 is 0 Å². The Kier molecular flexibility index (Phi) is 4.87. The van der Waals surface area contributed by atoms with Crippen molar-refractivity contribution in [1.82, 2.24) is 8.61 Å². The fourth-order valence-corrected chi connectivity index (χ4v) is 4.61. The maximum absolute atomic E-state index is 12.8. The lowest BCUT2D eigenvalue weighted by atomic mass is 10.2. The first-order valence-electron chi connectivity index (χ1n) is 6.16. The van der Waals surface area contributed by atoms with Crippen LogP contribution < -0.4 is 5.32 Å². The number of benzene rings is 1. The summed E-state index contributed by atoms with van der Waals surface area (Å²) >= 11 is 1.38. The molecule has 1 aromatic carbocycles. The fourth-order valence-electron chi connectivity index (χ4n) is 1.83. The quantitative estimate of drug-likeness (QED) is 0.890. The SMILES string of the molecule is CN(C)S(=O)(=O)N1CSC[C@@H]1C(=O)Nc1ccc(F)cc1. The minimum absolute atomic E-state index is 0.238. The third kappa shape index (κ3) is 3.54. The number of anilines is 1. The van der Waals surface area contributed by atoms with Gasteiger partial charge in [0.25, 0.3) is 10.2 Å². The van der Waals surface area contributed by atoms with Crippen LogP contribution in [0.4, 0.5) is 10.1 Å². The summed E-state index contributed by atoms with van der Waals surface area (Å²) in [5.41, 5.74) is 0.431. The average Bonchev–Trinajstić information content (AvgIpc) is 2.91. The number of hydrogen-bond donors (Lipinski definition) is 1. The second-order valence-electron chi connectivity index (χ2n) is 4.69. The van der Waals surface area contributed by atoms with Crippen LogP contribution in [0.3, 0.4) is 0 Å². The van der Waals surface area contributed by atoms with Crippen molar-refractivity contribution in [3.63, 3.8) is 0 Å². The van der Waals surface area contributed by atoms with Crippen molar-refractivity contribution in [2.75, 3.05) is 31.0 Å². The number of hydrogen-bond acceptors (Lipinski definition) is 4. The lowest BCUT2D eigenvalue weighted by Crippen LogP contribution is -2.48. The maximum Gasteiger partial charge on any atom is 0.282 e. The first kappa shape index (κ1) is 16.2. The van der Waals surface area contributed by atoms with Gasteiger partial charge in [0.05, 0.1) is 5.88 Å². The summed E-state index contributed by atoms with van der Waals surface area (Å²) in [5, 5.41) is 2.61. The van der Waals surface area contributed by atoms with Crippen molar-refractivity contribution in [1.29, 1.82) is 0 Å². The number of carbonyl (C=O) groups excluding carboxylic acids is 1. The fraction of sp³-hybridized carbons (Fsp3) is 0.417. The molecule has 1 atom stereocenters. The number of amides is 1. The zero-order chi connectivity index (χ0) is 15.6. The molecule has 2 rings (SSSR count). The van der Waals surface area contributed by atoms with Crippen molar-refractivity contribution in [2.24, 2.45) is 0 Å². The Labute approximate surface area is 127 Å². The van der Waals surface area contributed by atoms with Crippen LogP contribution in [0.1, 0.15) is 0 Å². The normalized spacial score (nSPS) is 19.9. The van der Waals surface area contributed by atoms with Crippen LogP contribution in [0.25, 0.3) is 0 Å². The number of nitrogens with one attached hydrogen (secondary N) is 1. The van der Waals surface area contributed by atoms with E-state index < -0.39 is 28.0 Å². The largest absolute Gasteiger partial charge is 0.325 e. The van der Waals surface area contributed by atoms with E-state index in [9.17, 15) is 17.6 Å². The van der Waals surface area contributed by atoms with Gasteiger partial charge in [0.2, 0.25) is 5.91 Å². The van der Waals surface area contributed by atoms with E-state index in [0.717, 1.165) is 8.61 Å². The molecule has 116 valence electrons. The van der Waals surface area contributed by atoms with Crippen molar-refractivity contribution in [2.45, 2.75) is 6.04 Å². The minimum atomic E-state index is -3.64. The monoisotopic (exact) mass is 333 g/mol. The Morgan fingerprint density at radius 3 is 2.57 bits per heavy atom. The third-order valence-corrected chi connectivity index (χ3v) is 6.09. The van der Waals surface area contributed by atoms with Gasteiger partial charge in [0.15, 0.2) is 0 Å². The van der Waals surface area contributed by atoms with E-state index in [1.807, 2.05) is 0 Å². The van der Waals surface area contributed by atoms with Gasteiger partial charge in [-0.05, 0) is 24.3 Å². The van der Waals surface area contributed by atoms with Gasteiger partial charge in [-0.25, -0.2) is 4.39 Å². The van der Waals surface area contributed by atoms with Crippen molar-refractivity contribution in [3.05, 3.63) is 30.1 Å². The van der Waals surface area contributed by atoms with Crippen molar-refractivity contribution < 1.29 is 17.6 Å². The Morgan fingerprint density at radius 2 is 2.00 bits per heavy atom. The molecule has 1 aliphatic rings. The first-order chi connectivity index (χ1) is 9.82. The van der Waals surface area contributed by atoms with E-state index in [2.05, 4.69) is 5.32 Å². The number of nitrogens with zero attached hydrogens (tertiary/aromatic N) is 2. The summed E-state index contributed by atoms with van der Waals surface area (Å²) in [4.78, 5) is 12.2. The predicted molar refractivity (Wildman–Crippen MR) is 80.6 cm³/mol. The Bertz CT molecular complexity index is 619. The molecule has 1 fully saturated rings. The van der Waals surface area contributed by atoms with E-state index in [-0.39, 0.29) is 5.88 Å². The molecule has 0 unspecified atom stereocenters. The molecule has 0 spiro atoms. The highest BCUT2D eigenvalue weighted by Crippen LogP contribution is 2.26. The molecule has 0 aromatic heterocycles. The Balaban J connectivity index is 2.13. The van der Waals surface area contributed by atoms with Crippen LogP contribution in [-0.2, 0) is 15.0 Å². The van der Waals surface area contributed by atoms with Crippen molar-refractivity contribution >= 4 is 33.6 Å². The average molecular weight is 333 g/mol. The molecule has 6 nitrogen and oxygen atoms in total. The first-order valence-corrected chi connectivity index (χ1v) is 8.71. The highest BCUT2D eigenvalue weighted by Gasteiger charge is 2.40. The molecule has 0 aliphatic carbocycles. The van der Waals surface area contributed by atoms with Crippen LogP contribution >= 0.6 is 11.8 Å². The summed E-state index contributed by atoms with van der Waals surface area (Å²) in [6, 6.07) is 4.55. The van der Waals surface area contributed by atoms with Gasteiger partial charge in [0.1, 0.15) is 11.9 Å². The lowest BCUT2D eigenvalue weighted by Gasteiger charge is -2.25. The smallest absolute Gasteiger partial charge is 0.282 e. The Hall–Kier alpha value is -1.16. The van der Waals surface area contributed by atoms with E-state index in [1.165, 1.54) is 50.1 Å². The maximum atomic E-state index is 12.8. The second kappa shape index (κ2) is 6.30. The van der Waals surface area contributed by atoms with E-state index in [0.29, 0.717) is 11.4 Å².